The molecule has 0 bridgehead atoms. The average molecular weight is 556 g/mol. The van der Waals surface area contributed by atoms with Gasteiger partial charge in [-0.3, -0.25) is 4.79 Å². The van der Waals surface area contributed by atoms with Crippen LogP contribution in [0.3, 0.4) is 0 Å². The largest absolute Gasteiger partial charge is 0.508 e. The van der Waals surface area contributed by atoms with E-state index in [1.165, 1.54) is 6.07 Å². The van der Waals surface area contributed by atoms with Gasteiger partial charge in [0.05, 0.1) is 25.9 Å². The summed E-state index contributed by atoms with van der Waals surface area (Å²) in [5.41, 5.74) is 8.85. The molecule has 0 unspecified atom stereocenters. The van der Waals surface area contributed by atoms with Crippen molar-refractivity contribution in [3.63, 3.8) is 0 Å². The maximum atomic E-state index is 10.9. The van der Waals surface area contributed by atoms with Crippen LogP contribution in [0.1, 0.15) is 35.3 Å². The van der Waals surface area contributed by atoms with Gasteiger partial charge in [-0.15, -0.1) is 0 Å². The zero-order valence-corrected chi connectivity index (χ0v) is 22.4. The molecule has 0 spiro atoms. The number of aliphatic hydroxyl groups excluding tert-OH is 2. The summed E-state index contributed by atoms with van der Waals surface area (Å²) < 4.78 is 11.4. The minimum atomic E-state index is -0.833. The van der Waals surface area contributed by atoms with Crippen molar-refractivity contribution in [1.82, 2.24) is 5.32 Å². The number of aliphatic carboxylic acids is 1. The van der Waals surface area contributed by atoms with Crippen LogP contribution in [0.4, 0.5) is 10.5 Å². The molecular weight excluding hydrogens is 518 g/mol. The second-order valence-corrected chi connectivity index (χ2v) is 8.77. The summed E-state index contributed by atoms with van der Waals surface area (Å²) in [5.74, 6) is -0.0615. The van der Waals surface area contributed by atoms with Gasteiger partial charge in [0.1, 0.15) is 18.1 Å². The van der Waals surface area contributed by atoms with Gasteiger partial charge in [-0.1, -0.05) is 30.3 Å². The molecule has 0 radical (unpaired) electrons. The van der Waals surface area contributed by atoms with E-state index in [0.717, 1.165) is 30.2 Å². The first-order valence-corrected chi connectivity index (χ1v) is 12.6. The van der Waals surface area contributed by atoms with Crippen molar-refractivity contribution in [2.45, 2.75) is 32.7 Å². The minimum absolute atomic E-state index is 0.0168. The Morgan fingerprint density at radius 2 is 1.73 bits per heavy atom. The Labute approximate surface area is 233 Å². The Balaban J connectivity index is 0.00000131. The third-order valence-corrected chi connectivity index (χ3v) is 5.47. The lowest BCUT2D eigenvalue weighted by Gasteiger charge is -2.14. The normalized spacial score (nSPS) is 11.2. The minimum Gasteiger partial charge on any atom is -0.508 e. The Bertz CT molecular complexity index is 1200. The number of hydrogen-bond donors (Lipinski definition) is 7. The summed E-state index contributed by atoms with van der Waals surface area (Å²) in [4.78, 5) is 19.9. The van der Waals surface area contributed by atoms with E-state index in [1.54, 1.807) is 24.3 Å². The predicted molar refractivity (Wildman–Crippen MR) is 150 cm³/mol. The molecule has 2 amide bonds. The van der Waals surface area contributed by atoms with Gasteiger partial charge in [-0.05, 0) is 66.1 Å². The molecule has 0 saturated carbocycles. The number of carbonyl (C=O) groups is 2. The number of rotatable bonds is 14. The lowest BCUT2D eigenvalue weighted by atomic mass is 10.1. The fourth-order valence-electron chi connectivity index (χ4n) is 3.57. The van der Waals surface area contributed by atoms with E-state index in [9.17, 15) is 20.1 Å². The maximum absolute atomic E-state index is 10.9. The third-order valence-electron chi connectivity index (χ3n) is 5.47. The Morgan fingerprint density at radius 1 is 1.00 bits per heavy atom. The molecule has 0 aromatic heterocycles. The Kier molecular flexibility index (Phi) is 14.0. The SMILES string of the molecule is CC(=O)O.NC(=O)Nc1cccc(COCCOc2ccc(CCNC[C@H](O)c3ccc(O)c(CO)c3)cc2)c1. The number of urea groups is 1. The van der Waals surface area contributed by atoms with Crippen LogP contribution in [0, 0.1) is 0 Å². The fourth-order valence-corrected chi connectivity index (χ4v) is 3.57. The van der Waals surface area contributed by atoms with E-state index in [2.05, 4.69) is 10.6 Å². The second-order valence-electron chi connectivity index (χ2n) is 8.77. The number of anilines is 1. The highest BCUT2D eigenvalue weighted by molar-refractivity contribution is 5.87. The molecule has 1 atom stereocenters. The fraction of sp³-hybridized carbons (Fsp3) is 0.310. The number of primary amides is 1. The number of nitrogens with one attached hydrogen (secondary N) is 2. The molecule has 0 heterocycles. The van der Waals surface area contributed by atoms with E-state index in [1.807, 2.05) is 36.4 Å². The zero-order chi connectivity index (χ0) is 29.3. The van der Waals surface area contributed by atoms with Gasteiger partial charge in [0.15, 0.2) is 0 Å². The number of nitrogens with two attached hydrogens (primary N) is 1. The average Bonchev–Trinajstić information content (AvgIpc) is 2.91. The molecule has 11 nitrogen and oxygen atoms in total. The van der Waals surface area contributed by atoms with E-state index in [4.69, 9.17) is 25.1 Å². The quantitative estimate of drug-likeness (QED) is 0.147. The second kappa shape index (κ2) is 17.4. The Hall–Kier alpha value is -4.16. The molecule has 0 aliphatic rings. The number of aliphatic hydroxyl groups is 2. The number of ether oxygens (including phenoxy) is 2. The molecular formula is C29H37N3O8. The summed E-state index contributed by atoms with van der Waals surface area (Å²) in [6.45, 7) is 3.08. The summed E-state index contributed by atoms with van der Waals surface area (Å²) in [5, 5.41) is 42.4. The van der Waals surface area contributed by atoms with Crippen molar-refractivity contribution >= 4 is 17.7 Å². The molecule has 3 aromatic rings. The summed E-state index contributed by atoms with van der Waals surface area (Å²) >= 11 is 0. The van der Waals surface area contributed by atoms with E-state index in [-0.39, 0.29) is 12.4 Å². The lowest BCUT2D eigenvalue weighted by molar-refractivity contribution is -0.134. The van der Waals surface area contributed by atoms with Gasteiger partial charge >= 0.3 is 6.03 Å². The highest BCUT2D eigenvalue weighted by atomic mass is 16.5. The van der Waals surface area contributed by atoms with Gasteiger partial charge in [-0.2, -0.15) is 0 Å². The van der Waals surface area contributed by atoms with Gasteiger partial charge in [0.25, 0.3) is 5.97 Å². The molecule has 216 valence electrons. The standard InChI is InChI=1S/C27H33N3O6.C2H4O2/c28-27(34)30-23-3-1-2-20(14-23)18-35-12-13-36-24-7-4-19(5-8-24)10-11-29-16-26(33)21-6-9-25(32)22(15-21)17-31;1-2(3)4/h1-9,14-15,26,29,31-33H,10-13,16-18H2,(H3,28,30,34);1H3,(H,3,4)/t26-;/m0./s1. The van der Waals surface area contributed by atoms with Crippen LogP contribution in [0.15, 0.2) is 66.7 Å². The third kappa shape index (κ3) is 12.6. The number of carboxylic acid groups (broad SMARTS) is 1. The van der Waals surface area contributed by atoms with Gasteiger partial charge in [-0.25, -0.2) is 4.79 Å². The highest BCUT2D eigenvalue weighted by Crippen LogP contribution is 2.22. The smallest absolute Gasteiger partial charge is 0.316 e. The molecule has 3 rings (SSSR count). The molecule has 11 heteroatoms. The molecule has 8 N–H and O–H groups in total. The van der Waals surface area contributed by atoms with Crippen molar-refractivity contribution in [2.75, 3.05) is 31.6 Å². The van der Waals surface area contributed by atoms with Crippen LogP contribution < -0.4 is 21.1 Å². The number of hydrogen-bond acceptors (Lipinski definition) is 8. The van der Waals surface area contributed by atoms with E-state index < -0.39 is 18.1 Å². The van der Waals surface area contributed by atoms with Crippen molar-refractivity contribution in [1.29, 1.82) is 0 Å². The maximum Gasteiger partial charge on any atom is 0.316 e. The van der Waals surface area contributed by atoms with Crippen LogP contribution in [0.2, 0.25) is 0 Å². The van der Waals surface area contributed by atoms with E-state index in [0.29, 0.717) is 49.7 Å². The summed E-state index contributed by atoms with van der Waals surface area (Å²) in [6.07, 6.45) is 0.0571. The highest BCUT2D eigenvalue weighted by Gasteiger charge is 2.10. The van der Waals surface area contributed by atoms with Crippen molar-refractivity contribution in [2.24, 2.45) is 5.73 Å². The monoisotopic (exact) mass is 555 g/mol. The molecule has 40 heavy (non-hydrogen) atoms. The first kappa shape index (κ1) is 32.1. The molecule has 0 aliphatic heterocycles. The molecule has 0 fully saturated rings. The van der Waals surface area contributed by atoms with Gasteiger partial charge in [0.2, 0.25) is 0 Å². The topological polar surface area (TPSA) is 184 Å². The number of amides is 2. The molecule has 0 saturated heterocycles. The molecule has 0 aliphatic carbocycles. The van der Waals surface area contributed by atoms with Crippen LogP contribution >= 0.6 is 0 Å². The van der Waals surface area contributed by atoms with Crippen LogP contribution in [0.25, 0.3) is 0 Å². The van der Waals surface area contributed by atoms with Crippen molar-refractivity contribution in [3.05, 3.63) is 89.0 Å². The van der Waals surface area contributed by atoms with Crippen LogP contribution in [0.5, 0.6) is 11.5 Å². The molecule has 3 aromatic carbocycles. The number of carbonyl (C=O) groups excluding carboxylic acids is 1. The number of benzene rings is 3. The predicted octanol–water partition coefficient (Wildman–Crippen LogP) is 2.93. The first-order chi connectivity index (χ1) is 19.2. The summed E-state index contributed by atoms with van der Waals surface area (Å²) in [6, 6.07) is 19.2. The summed E-state index contributed by atoms with van der Waals surface area (Å²) in [7, 11) is 0. The number of aromatic hydroxyl groups is 1. The Morgan fingerprint density at radius 3 is 2.40 bits per heavy atom. The van der Waals surface area contributed by atoms with Crippen LogP contribution in [-0.4, -0.2) is 58.7 Å². The van der Waals surface area contributed by atoms with Gasteiger partial charge in [0, 0.05) is 24.7 Å². The van der Waals surface area contributed by atoms with Crippen LogP contribution in [-0.2, 0) is 29.2 Å². The first-order valence-electron chi connectivity index (χ1n) is 12.6. The van der Waals surface area contributed by atoms with Gasteiger partial charge < -0.3 is 46.3 Å². The zero-order valence-electron chi connectivity index (χ0n) is 22.4. The van der Waals surface area contributed by atoms with Crippen molar-refractivity contribution in [3.8, 4) is 11.5 Å². The number of carboxylic acids is 1. The number of phenols is 1. The lowest BCUT2D eigenvalue weighted by Crippen LogP contribution is -2.23. The van der Waals surface area contributed by atoms with E-state index >= 15 is 0 Å². The van der Waals surface area contributed by atoms with Crippen molar-refractivity contribution < 1.29 is 39.5 Å².